The van der Waals surface area contributed by atoms with Crippen LogP contribution in [0.1, 0.15) is 27.7 Å². The Hall–Kier alpha value is -1.19. The molecule has 0 aromatic rings. The average Bonchev–Trinajstić information content (AvgIpc) is 2.39. The van der Waals surface area contributed by atoms with E-state index in [2.05, 4.69) is 5.32 Å². The van der Waals surface area contributed by atoms with Gasteiger partial charge in [0, 0.05) is 26.6 Å². The zero-order valence-corrected chi connectivity index (χ0v) is 14.4. The molecule has 0 radical (unpaired) electrons. The summed E-state index contributed by atoms with van der Waals surface area (Å²) in [6.07, 6.45) is 0. The zero-order chi connectivity index (χ0) is 17.3. The third kappa shape index (κ3) is 7.71. The molecule has 0 spiro atoms. The molecule has 130 valence electrons. The van der Waals surface area contributed by atoms with Gasteiger partial charge in [-0.1, -0.05) is 6.92 Å². The molecule has 0 aromatic heterocycles. The van der Waals surface area contributed by atoms with Crippen molar-refractivity contribution >= 4 is 21.9 Å². The Labute approximate surface area is 131 Å². The highest BCUT2D eigenvalue weighted by molar-refractivity contribution is 7.89. The minimum atomic E-state index is -3.77. The second kappa shape index (κ2) is 9.75. The van der Waals surface area contributed by atoms with Gasteiger partial charge in [-0.05, 0) is 19.8 Å². The summed E-state index contributed by atoms with van der Waals surface area (Å²) in [7, 11) is -3.77. The van der Waals surface area contributed by atoms with E-state index in [9.17, 15) is 18.0 Å². The molecule has 2 atom stereocenters. The van der Waals surface area contributed by atoms with E-state index in [-0.39, 0.29) is 37.3 Å². The SMILES string of the molecule is CCOCC(C)CS(=O)(=O)N(CCNC(C)=O)C(C)C(=O)O. The van der Waals surface area contributed by atoms with Gasteiger partial charge in [0.2, 0.25) is 15.9 Å². The fourth-order valence-electron chi connectivity index (χ4n) is 1.86. The van der Waals surface area contributed by atoms with Crippen LogP contribution in [-0.4, -0.2) is 67.8 Å². The monoisotopic (exact) mass is 338 g/mol. The van der Waals surface area contributed by atoms with E-state index in [1.54, 1.807) is 6.92 Å². The number of nitrogens with zero attached hydrogens (tertiary/aromatic N) is 1. The van der Waals surface area contributed by atoms with Gasteiger partial charge in [-0.2, -0.15) is 4.31 Å². The Morgan fingerprint density at radius 1 is 1.32 bits per heavy atom. The molecule has 0 aromatic carbocycles. The van der Waals surface area contributed by atoms with Crippen LogP contribution < -0.4 is 5.32 Å². The van der Waals surface area contributed by atoms with Gasteiger partial charge < -0.3 is 15.2 Å². The number of sulfonamides is 1. The number of rotatable bonds is 11. The van der Waals surface area contributed by atoms with Crippen LogP contribution in [0.25, 0.3) is 0 Å². The summed E-state index contributed by atoms with van der Waals surface area (Å²) in [6, 6.07) is -1.20. The summed E-state index contributed by atoms with van der Waals surface area (Å²) in [4.78, 5) is 22.0. The maximum atomic E-state index is 12.4. The number of carboxylic acids is 1. The van der Waals surface area contributed by atoms with E-state index in [4.69, 9.17) is 9.84 Å². The van der Waals surface area contributed by atoms with Gasteiger partial charge in [0.15, 0.2) is 0 Å². The maximum Gasteiger partial charge on any atom is 0.321 e. The number of amides is 1. The molecule has 0 aliphatic rings. The van der Waals surface area contributed by atoms with Crippen LogP contribution in [0.5, 0.6) is 0 Å². The first kappa shape index (κ1) is 20.8. The number of hydrogen-bond donors (Lipinski definition) is 2. The highest BCUT2D eigenvalue weighted by atomic mass is 32.2. The van der Waals surface area contributed by atoms with E-state index in [1.807, 2.05) is 6.92 Å². The lowest BCUT2D eigenvalue weighted by atomic mass is 10.2. The fourth-order valence-corrected chi connectivity index (χ4v) is 3.81. The third-order valence-corrected chi connectivity index (χ3v) is 5.16. The molecule has 0 aliphatic carbocycles. The molecule has 0 rings (SSSR count). The van der Waals surface area contributed by atoms with Crippen molar-refractivity contribution in [1.82, 2.24) is 9.62 Å². The number of aliphatic carboxylic acids is 1. The molecule has 0 saturated heterocycles. The zero-order valence-electron chi connectivity index (χ0n) is 13.5. The standard InChI is InChI=1S/C13H26N2O6S/c1-5-21-8-10(2)9-22(19,20)15(11(3)13(17)18)7-6-14-12(4)16/h10-11H,5-9H2,1-4H3,(H,14,16)(H,17,18). The number of carboxylic acid groups (broad SMARTS) is 1. The smallest absolute Gasteiger partial charge is 0.321 e. The molecular formula is C13H26N2O6S. The first-order valence-electron chi connectivity index (χ1n) is 7.16. The molecule has 8 nitrogen and oxygen atoms in total. The minimum absolute atomic E-state index is 0.0615. The molecule has 9 heteroatoms. The van der Waals surface area contributed by atoms with Gasteiger partial charge in [0.25, 0.3) is 0 Å². The molecule has 0 fully saturated rings. The normalized spacial score (nSPS) is 14.6. The van der Waals surface area contributed by atoms with Crippen molar-refractivity contribution in [1.29, 1.82) is 0 Å². The molecule has 2 unspecified atom stereocenters. The van der Waals surface area contributed by atoms with Crippen LogP contribution in [0.4, 0.5) is 0 Å². The first-order chi connectivity index (χ1) is 10.1. The quantitative estimate of drug-likeness (QED) is 0.544. The molecule has 0 aliphatic heterocycles. The lowest BCUT2D eigenvalue weighted by Gasteiger charge is -2.27. The Morgan fingerprint density at radius 2 is 1.91 bits per heavy atom. The van der Waals surface area contributed by atoms with Crippen LogP contribution in [-0.2, 0) is 24.3 Å². The van der Waals surface area contributed by atoms with Crippen molar-refractivity contribution in [2.75, 3.05) is 32.1 Å². The van der Waals surface area contributed by atoms with Gasteiger partial charge in [0.05, 0.1) is 12.4 Å². The Balaban J connectivity index is 4.95. The summed E-state index contributed by atoms with van der Waals surface area (Å²) in [5.41, 5.74) is 0. The molecule has 1 amide bonds. The van der Waals surface area contributed by atoms with Crippen LogP contribution in [0.15, 0.2) is 0 Å². The second-order valence-corrected chi connectivity index (χ2v) is 7.12. The van der Waals surface area contributed by atoms with E-state index in [0.717, 1.165) is 4.31 Å². The van der Waals surface area contributed by atoms with Gasteiger partial charge >= 0.3 is 5.97 Å². The van der Waals surface area contributed by atoms with Crippen LogP contribution in [0.2, 0.25) is 0 Å². The van der Waals surface area contributed by atoms with Crippen molar-refractivity contribution in [3.05, 3.63) is 0 Å². The summed E-state index contributed by atoms with van der Waals surface area (Å²) >= 11 is 0. The molecule has 2 N–H and O–H groups in total. The van der Waals surface area contributed by atoms with Crippen molar-refractivity contribution < 1.29 is 27.9 Å². The average molecular weight is 338 g/mol. The Kier molecular flexibility index (Phi) is 9.22. The maximum absolute atomic E-state index is 12.4. The summed E-state index contributed by atoms with van der Waals surface area (Å²) in [5.74, 6) is -1.99. The second-order valence-electron chi connectivity index (χ2n) is 5.15. The van der Waals surface area contributed by atoms with Crippen molar-refractivity contribution in [3.63, 3.8) is 0 Å². The van der Waals surface area contributed by atoms with Gasteiger partial charge in [-0.15, -0.1) is 0 Å². The lowest BCUT2D eigenvalue weighted by Crippen LogP contribution is -2.48. The number of hydrogen-bond acceptors (Lipinski definition) is 5. The largest absolute Gasteiger partial charge is 0.480 e. The molecule has 0 heterocycles. The van der Waals surface area contributed by atoms with E-state index in [1.165, 1.54) is 13.8 Å². The van der Waals surface area contributed by atoms with E-state index < -0.39 is 22.0 Å². The molecular weight excluding hydrogens is 312 g/mol. The Bertz CT molecular complexity index is 465. The van der Waals surface area contributed by atoms with Crippen molar-refractivity contribution in [2.24, 2.45) is 5.92 Å². The van der Waals surface area contributed by atoms with Gasteiger partial charge in [-0.3, -0.25) is 9.59 Å². The van der Waals surface area contributed by atoms with Gasteiger partial charge in [0.1, 0.15) is 6.04 Å². The minimum Gasteiger partial charge on any atom is -0.480 e. The van der Waals surface area contributed by atoms with Crippen molar-refractivity contribution in [3.8, 4) is 0 Å². The summed E-state index contributed by atoms with van der Waals surface area (Å²) in [5, 5.41) is 11.5. The first-order valence-corrected chi connectivity index (χ1v) is 8.77. The van der Waals surface area contributed by atoms with Crippen LogP contribution in [0.3, 0.4) is 0 Å². The fraction of sp³-hybridized carbons (Fsp3) is 0.846. The number of ether oxygens (including phenoxy) is 1. The van der Waals surface area contributed by atoms with Crippen molar-refractivity contribution in [2.45, 2.75) is 33.7 Å². The topological polar surface area (TPSA) is 113 Å². The van der Waals surface area contributed by atoms with Crippen LogP contribution in [0, 0.1) is 5.92 Å². The number of carbonyl (C=O) groups is 2. The molecule has 0 bridgehead atoms. The van der Waals surface area contributed by atoms with E-state index in [0.29, 0.717) is 6.61 Å². The highest BCUT2D eigenvalue weighted by Gasteiger charge is 2.32. The molecule has 0 saturated carbocycles. The number of nitrogens with one attached hydrogen (secondary N) is 1. The van der Waals surface area contributed by atoms with Gasteiger partial charge in [-0.25, -0.2) is 8.42 Å². The highest BCUT2D eigenvalue weighted by Crippen LogP contribution is 2.12. The lowest BCUT2D eigenvalue weighted by molar-refractivity contribution is -0.140. The summed E-state index contributed by atoms with van der Waals surface area (Å²) in [6.45, 7) is 6.91. The molecule has 22 heavy (non-hydrogen) atoms. The van der Waals surface area contributed by atoms with E-state index >= 15 is 0 Å². The van der Waals surface area contributed by atoms with Crippen LogP contribution >= 0.6 is 0 Å². The predicted molar refractivity (Wildman–Crippen MR) is 81.9 cm³/mol. The Morgan fingerprint density at radius 3 is 2.36 bits per heavy atom. The third-order valence-electron chi connectivity index (χ3n) is 2.95. The number of carbonyl (C=O) groups excluding carboxylic acids is 1. The predicted octanol–water partition coefficient (Wildman–Crippen LogP) is -0.1000. The summed E-state index contributed by atoms with van der Waals surface area (Å²) < 4.78 is 30.9.